The van der Waals surface area contributed by atoms with Crippen LogP contribution in [0.4, 0.5) is 0 Å². The summed E-state index contributed by atoms with van der Waals surface area (Å²) in [5.74, 6) is 8.25. The molecule has 43 heavy (non-hydrogen) atoms. The van der Waals surface area contributed by atoms with Gasteiger partial charge in [-0.25, -0.2) is 0 Å². The number of rotatable bonds is 2. The molecule has 1 heterocycles. The summed E-state index contributed by atoms with van der Waals surface area (Å²) in [6, 6.07) is 17.5. The fraction of sp³-hybridized carbons (Fsp3) is 0.550. The zero-order valence-electron chi connectivity index (χ0n) is 26.5. The van der Waals surface area contributed by atoms with Crippen molar-refractivity contribution in [1.82, 2.24) is 0 Å². The van der Waals surface area contributed by atoms with Crippen molar-refractivity contribution in [3.63, 3.8) is 0 Å². The Labute approximate surface area is 258 Å². The van der Waals surface area contributed by atoms with Gasteiger partial charge >= 0.3 is 0 Å². The van der Waals surface area contributed by atoms with Crippen molar-refractivity contribution in [1.29, 1.82) is 0 Å². The van der Waals surface area contributed by atoms with E-state index in [1.165, 1.54) is 29.5 Å². The van der Waals surface area contributed by atoms with Crippen molar-refractivity contribution >= 4 is 6.08 Å². The number of aliphatic hydroxyl groups is 1. The van der Waals surface area contributed by atoms with E-state index in [1.807, 2.05) is 6.08 Å². The van der Waals surface area contributed by atoms with Gasteiger partial charge in [0.25, 0.3) is 0 Å². The molecule has 1 aliphatic heterocycles. The van der Waals surface area contributed by atoms with E-state index in [1.54, 1.807) is 11.1 Å². The SMILES string of the molecule is Cc1cccc(/C=C/C#Cc2ccc(C3CC4(C)C(O)CCC4C4CCC5CC6(CCC5=C34)OCC(C)(C)CO6)cc2)c1. The van der Waals surface area contributed by atoms with Crippen LogP contribution in [0.5, 0.6) is 0 Å². The molecule has 3 saturated carbocycles. The minimum Gasteiger partial charge on any atom is -0.393 e. The third-order valence-electron chi connectivity index (χ3n) is 11.7. The normalized spacial score (nSPS) is 34.3. The summed E-state index contributed by atoms with van der Waals surface area (Å²) in [4.78, 5) is 0. The highest BCUT2D eigenvalue weighted by atomic mass is 16.7. The molecule has 226 valence electrons. The van der Waals surface area contributed by atoms with Crippen molar-refractivity contribution in [3.05, 3.63) is 88.0 Å². The van der Waals surface area contributed by atoms with E-state index in [-0.39, 0.29) is 16.9 Å². The summed E-state index contributed by atoms with van der Waals surface area (Å²) < 4.78 is 13.0. The van der Waals surface area contributed by atoms with Crippen LogP contribution in [0.15, 0.2) is 65.8 Å². The van der Waals surface area contributed by atoms with E-state index in [4.69, 9.17) is 9.47 Å². The van der Waals surface area contributed by atoms with Gasteiger partial charge in [-0.1, -0.05) is 85.7 Å². The van der Waals surface area contributed by atoms with Gasteiger partial charge in [-0.2, -0.15) is 0 Å². The van der Waals surface area contributed by atoms with Gasteiger partial charge in [-0.05, 0) is 104 Å². The molecular formula is C40H48O3. The molecule has 0 bridgehead atoms. The van der Waals surface area contributed by atoms with Crippen LogP contribution in [-0.4, -0.2) is 30.2 Å². The lowest BCUT2D eigenvalue weighted by Gasteiger charge is -2.55. The topological polar surface area (TPSA) is 38.7 Å². The van der Waals surface area contributed by atoms with Gasteiger partial charge in [0.2, 0.25) is 0 Å². The minimum atomic E-state index is -0.395. The first-order valence-corrected chi connectivity index (χ1v) is 16.7. The zero-order chi connectivity index (χ0) is 29.8. The van der Waals surface area contributed by atoms with Gasteiger partial charge in [0.05, 0.1) is 19.3 Å². The monoisotopic (exact) mass is 576 g/mol. The molecule has 0 radical (unpaired) electrons. The van der Waals surface area contributed by atoms with Gasteiger partial charge in [-0.3, -0.25) is 0 Å². The average molecular weight is 577 g/mol. The molecule has 0 aromatic heterocycles. The molecule has 4 aliphatic carbocycles. The molecule has 6 atom stereocenters. The molecule has 1 N–H and O–H groups in total. The van der Waals surface area contributed by atoms with E-state index in [0.29, 0.717) is 23.7 Å². The Morgan fingerprint density at radius 2 is 1.72 bits per heavy atom. The third kappa shape index (κ3) is 5.45. The van der Waals surface area contributed by atoms with E-state index in [9.17, 15) is 5.11 Å². The summed E-state index contributed by atoms with van der Waals surface area (Å²) in [6.45, 7) is 10.5. The molecule has 2 aromatic carbocycles. The third-order valence-corrected chi connectivity index (χ3v) is 11.7. The molecule has 1 saturated heterocycles. The van der Waals surface area contributed by atoms with Gasteiger partial charge in [-0.15, -0.1) is 0 Å². The largest absolute Gasteiger partial charge is 0.393 e. The number of hydrogen-bond donors (Lipinski definition) is 1. The second-order valence-electron chi connectivity index (χ2n) is 15.3. The van der Waals surface area contributed by atoms with Crippen molar-refractivity contribution in [3.8, 4) is 11.8 Å². The maximum atomic E-state index is 11.3. The second-order valence-corrected chi connectivity index (χ2v) is 15.3. The van der Waals surface area contributed by atoms with Crippen molar-refractivity contribution in [2.45, 2.75) is 96.9 Å². The first-order valence-electron chi connectivity index (χ1n) is 16.7. The number of hydrogen-bond acceptors (Lipinski definition) is 3. The molecule has 0 amide bonds. The number of aliphatic hydroxyl groups excluding tert-OH is 1. The summed E-state index contributed by atoms with van der Waals surface area (Å²) in [5.41, 5.74) is 8.38. The van der Waals surface area contributed by atoms with Crippen LogP contribution in [0.1, 0.15) is 100 Å². The molecular weight excluding hydrogens is 528 g/mol. The first-order chi connectivity index (χ1) is 20.6. The van der Waals surface area contributed by atoms with Gasteiger partial charge < -0.3 is 14.6 Å². The zero-order valence-corrected chi connectivity index (χ0v) is 26.5. The highest BCUT2D eigenvalue weighted by Gasteiger charge is 2.57. The summed E-state index contributed by atoms with van der Waals surface area (Å²) in [6.07, 6.45) is 12.5. The smallest absolute Gasteiger partial charge is 0.169 e. The predicted molar refractivity (Wildman–Crippen MR) is 173 cm³/mol. The molecule has 2 aromatic rings. The summed E-state index contributed by atoms with van der Waals surface area (Å²) in [5, 5.41) is 11.3. The Morgan fingerprint density at radius 3 is 2.49 bits per heavy atom. The summed E-state index contributed by atoms with van der Waals surface area (Å²) >= 11 is 0. The Bertz CT molecular complexity index is 1470. The molecule has 6 unspecified atom stereocenters. The van der Waals surface area contributed by atoms with Crippen LogP contribution in [0, 0.1) is 47.3 Å². The van der Waals surface area contributed by atoms with Crippen molar-refractivity contribution < 1.29 is 14.6 Å². The first kappa shape index (κ1) is 29.1. The second kappa shape index (κ2) is 11.1. The molecule has 7 rings (SSSR count). The van der Waals surface area contributed by atoms with Crippen LogP contribution < -0.4 is 0 Å². The molecule has 4 fully saturated rings. The summed E-state index contributed by atoms with van der Waals surface area (Å²) in [7, 11) is 0. The Hall–Kier alpha value is -2.64. The Kier molecular flexibility index (Phi) is 7.48. The minimum absolute atomic E-state index is 0.0115. The fourth-order valence-corrected chi connectivity index (χ4v) is 9.33. The van der Waals surface area contributed by atoms with Crippen LogP contribution in [-0.2, 0) is 9.47 Å². The quantitative estimate of drug-likeness (QED) is 0.287. The maximum absolute atomic E-state index is 11.3. The highest BCUT2D eigenvalue weighted by molar-refractivity contribution is 5.54. The lowest BCUT2D eigenvalue weighted by molar-refractivity contribution is -0.312. The van der Waals surface area contributed by atoms with E-state index >= 15 is 0 Å². The van der Waals surface area contributed by atoms with Crippen molar-refractivity contribution in [2.75, 3.05) is 13.2 Å². The number of ether oxygens (including phenoxy) is 2. The Balaban J connectivity index is 1.17. The van der Waals surface area contributed by atoms with E-state index in [0.717, 1.165) is 57.3 Å². The number of fused-ring (bicyclic) bond motifs is 4. The van der Waals surface area contributed by atoms with Gasteiger partial charge in [0, 0.05) is 29.7 Å². The van der Waals surface area contributed by atoms with E-state index < -0.39 is 5.79 Å². The van der Waals surface area contributed by atoms with Gasteiger partial charge in [0.1, 0.15) is 0 Å². The fourth-order valence-electron chi connectivity index (χ4n) is 9.33. The Morgan fingerprint density at radius 1 is 0.930 bits per heavy atom. The highest BCUT2D eigenvalue weighted by Crippen LogP contribution is 2.65. The van der Waals surface area contributed by atoms with E-state index in [2.05, 4.69) is 94.1 Å². The molecule has 3 heteroatoms. The van der Waals surface area contributed by atoms with Crippen molar-refractivity contribution in [2.24, 2.45) is 28.6 Å². The lowest BCUT2D eigenvalue weighted by atomic mass is 9.52. The van der Waals surface area contributed by atoms with Crippen LogP contribution in [0.25, 0.3) is 6.08 Å². The standard InChI is InChI=1S/C40H48O3/c1-27-8-7-11-29(22-27)10-6-5-9-28-12-14-30(15-13-28)34-24-39(4)35(18-19-36(39)41)33-17-16-31-23-40(21-20-32(31)37(33)34)42-25-38(2,3)26-43-40/h6-8,10-15,22,31,33-36,41H,16-21,23-26H2,1-4H3/b10-6+. The molecule has 5 aliphatic rings. The van der Waals surface area contributed by atoms with Crippen LogP contribution >= 0.6 is 0 Å². The average Bonchev–Trinajstić information content (AvgIpc) is 3.30. The molecule has 3 nitrogen and oxygen atoms in total. The number of aryl methyl sites for hydroxylation is 1. The maximum Gasteiger partial charge on any atom is 0.169 e. The molecule has 1 spiro atoms. The van der Waals surface area contributed by atoms with Gasteiger partial charge in [0.15, 0.2) is 5.79 Å². The van der Waals surface area contributed by atoms with Crippen LogP contribution in [0.3, 0.4) is 0 Å². The predicted octanol–water partition coefficient (Wildman–Crippen LogP) is 8.60. The van der Waals surface area contributed by atoms with Crippen LogP contribution in [0.2, 0.25) is 0 Å². The number of allylic oxidation sites excluding steroid dienone is 3. The number of benzene rings is 2. The lowest BCUT2D eigenvalue weighted by Crippen LogP contribution is -2.52.